The third kappa shape index (κ3) is 2.69. The summed E-state index contributed by atoms with van der Waals surface area (Å²) >= 11 is 0. The Hall–Kier alpha value is -1.42. The zero-order valence-corrected chi connectivity index (χ0v) is 13.9. The molecule has 0 radical (unpaired) electrons. The summed E-state index contributed by atoms with van der Waals surface area (Å²) in [4.78, 5) is 0. The molecule has 0 saturated heterocycles. The van der Waals surface area contributed by atoms with Gasteiger partial charge in [0.15, 0.2) is 11.5 Å². The minimum atomic E-state index is 0.135. The van der Waals surface area contributed by atoms with E-state index in [2.05, 4.69) is 19.2 Å². The molecule has 3 atom stereocenters. The summed E-state index contributed by atoms with van der Waals surface area (Å²) in [5, 5.41) is 3.38. The first-order valence-electron chi connectivity index (χ1n) is 7.56. The first kappa shape index (κ1) is 16.0. The molecule has 1 aliphatic carbocycles. The fraction of sp³-hybridized carbons (Fsp3) is 0.647. The van der Waals surface area contributed by atoms with E-state index in [1.807, 2.05) is 26.1 Å². The second-order valence-corrected chi connectivity index (χ2v) is 6.04. The van der Waals surface area contributed by atoms with Gasteiger partial charge >= 0.3 is 0 Å². The van der Waals surface area contributed by atoms with Crippen molar-refractivity contribution in [3.8, 4) is 17.2 Å². The fourth-order valence-corrected chi connectivity index (χ4v) is 3.19. The molecule has 0 bridgehead atoms. The molecule has 0 aliphatic heterocycles. The van der Waals surface area contributed by atoms with Gasteiger partial charge in [0.1, 0.15) is 6.10 Å². The first-order chi connectivity index (χ1) is 9.99. The quantitative estimate of drug-likeness (QED) is 0.874. The fourth-order valence-electron chi connectivity index (χ4n) is 3.19. The monoisotopic (exact) mass is 293 g/mol. The Kier molecular flexibility index (Phi) is 4.67. The van der Waals surface area contributed by atoms with E-state index in [4.69, 9.17) is 14.2 Å². The second-order valence-electron chi connectivity index (χ2n) is 6.04. The first-order valence-corrected chi connectivity index (χ1v) is 7.56. The highest BCUT2D eigenvalue weighted by Crippen LogP contribution is 2.49. The summed E-state index contributed by atoms with van der Waals surface area (Å²) in [5.41, 5.74) is 1.23. The zero-order valence-electron chi connectivity index (χ0n) is 13.9. The van der Waals surface area contributed by atoms with Gasteiger partial charge in [0.05, 0.1) is 14.2 Å². The summed E-state index contributed by atoms with van der Waals surface area (Å²) in [6.07, 6.45) is 2.24. The molecule has 0 aromatic heterocycles. The average Bonchev–Trinajstić information content (AvgIpc) is 2.50. The van der Waals surface area contributed by atoms with Gasteiger partial charge < -0.3 is 19.5 Å². The summed E-state index contributed by atoms with van der Waals surface area (Å²) in [6, 6.07) is 4.46. The number of hydrogen-bond donors (Lipinski definition) is 1. The van der Waals surface area contributed by atoms with Crippen LogP contribution in [0.1, 0.15) is 32.3 Å². The normalized spacial score (nSPS) is 27.9. The summed E-state index contributed by atoms with van der Waals surface area (Å²) in [6.45, 7) is 6.50. The molecule has 0 heterocycles. The van der Waals surface area contributed by atoms with Gasteiger partial charge in [-0.2, -0.15) is 0 Å². The molecule has 4 heteroatoms. The molecular formula is C17H27NO3. The molecule has 1 saturated carbocycles. The summed E-state index contributed by atoms with van der Waals surface area (Å²) in [5.74, 6) is 2.18. The molecular weight excluding hydrogens is 266 g/mol. The lowest BCUT2D eigenvalue weighted by Crippen LogP contribution is -2.62. The molecule has 1 N–H and O–H groups in total. The Morgan fingerprint density at radius 3 is 2.24 bits per heavy atom. The topological polar surface area (TPSA) is 39.7 Å². The van der Waals surface area contributed by atoms with Crippen molar-refractivity contribution < 1.29 is 14.2 Å². The minimum absolute atomic E-state index is 0.135. The van der Waals surface area contributed by atoms with Crippen LogP contribution in [0.4, 0.5) is 0 Å². The van der Waals surface area contributed by atoms with Gasteiger partial charge in [-0.15, -0.1) is 0 Å². The van der Waals surface area contributed by atoms with Crippen molar-refractivity contribution in [2.24, 2.45) is 5.41 Å². The number of benzene rings is 1. The predicted octanol–water partition coefficient (Wildman–Crippen LogP) is 3.17. The second kappa shape index (κ2) is 6.14. The number of aryl methyl sites for hydroxylation is 1. The number of nitrogens with one attached hydrogen (secondary N) is 1. The Labute approximate surface area is 127 Å². The van der Waals surface area contributed by atoms with E-state index in [-0.39, 0.29) is 11.5 Å². The summed E-state index contributed by atoms with van der Waals surface area (Å²) in [7, 11) is 5.34. The maximum atomic E-state index is 6.30. The molecule has 118 valence electrons. The Balaban J connectivity index is 2.28. The van der Waals surface area contributed by atoms with Gasteiger partial charge in [-0.25, -0.2) is 0 Å². The van der Waals surface area contributed by atoms with Gasteiger partial charge in [-0.05, 0) is 38.1 Å². The van der Waals surface area contributed by atoms with Crippen LogP contribution in [-0.2, 0) is 0 Å². The van der Waals surface area contributed by atoms with E-state index in [0.717, 1.165) is 29.9 Å². The molecule has 21 heavy (non-hydrogen) atoms. The highest BCUT2D eigenvalue weighted by atomic mass is 16.5. The van der Waals surface area contributed by atoms with E-state index in [1.54, 1.807) is 14.2 Å². The molecule has 1 fully saturated rings. The van der Waals surface area contributed by atoms with Crippen molar-refractivity contribution in [2.75, 3.05) is 21.3 Å². The molecule has 0 spiro atoms. The van der Waals surface area contributed by atoms with Gasteiger partial charge in [0, 0.05) is 17.9 Å². The van der Waals surface area contributed by atoms with E-state index in [0.29, 0.717) is 11.8 Å². The van der Waals surface area contributed by atoms with Crippen molar-refractivity contribution in [1.29, 1.82) is 0 Å². The smallest absolute Gasteiger partial charge is 0.203 e. The predicted molar refractivity (Wildman–Crippen MR) is 84.6 cm³/mol. The van der Waals surface area contributed by atoms with Crippen molar-refractivity contribution >= 4 is 0 Å². The minimum Gasteiger partial charge on any atom is -0.493 e. The number of ether oxygens (including phenoxy) is 3. The van der Waals surface area contributed by atoms with E-state index < -0.39 is 0 Å². The van der Waals surface area contributed by atoms with Crippen LogP contribution in [0.2, 0.25) is 0 Å². The number of methoxy groups -OCH3 is 2. The zero-order chi connectivity index (χ0) is 15.6. The highest BCUT2D eigenvalue weighted by molar-refractivity contribution is 5.53. The van der Waals surface area contributed by atoms with Crippen molar-refractivity contribution in [1.82, 2.24) is 5.32 Å². The van der Waals surface area contributed by atoms with Gasteiger partial charge in [0.2, 0.25) is 5.75 Å². The van der Waals surface area contributed by atoms with Crippen LogP contribution in [0, 0.1) is 12.3 Å². The SMILES string of the molecule is CCC1(C)C(NC)CC1Oc1c(OC)cc(C)cc1OC. The van der Waals surface area contributed by atoms with Crippen LogP contribution < -0.4 is 19.5 Å². The average molecular weight is 293 g/mol. The van der Waals surface area contributed by atoms with Crippen molar-refractivity contribution in [3.63, 3.8) is 0 Å². The van der Waals surface area contributed by atoms with Gasteiger partial charge in [0.25, 0.3) is 0 Å². The largest absolute Gasteiger partial charge is 0.493 e. The highest BCUT2D eigenvalue weighted by Gasteiger charge is 2.51. The molecule has 1 aromatic carbocycles. The van der Waals surface area contributed by atoms with Crippen LogP contribution in [0.5, 0.6) is 17.2 Å². The van der Waals surface area contributed by atoms with E-state index >= 15 is 0 Å². The lowest BCUT2D eigenvalue weighted by Gasteiger charge is -2.53. The van der Waals surface area contributed by atoms with E-state index in [9.17, 15) is 0 Å². The lowest BCUT2D eigenvalue weighted by molar-refractivity contribution is -0.0695. The Morgan fingerprint density at radius 1 is 1.24 bits per heavy atom. The Bertz CT molecular complexity index is 478. The maximum Gasteiger partial charge on any atom is 0.203 e. The molecule has 2 rings (SSSR count). The molecule has 1 aliphatic rings. The van der Waals surface area contributed by atoms with Gasteiger partial charge in [-0.3, -0.25) is 0 Å². The van der Waals surface area contributed by atoms with Crippen molar-refractivity contribution in [2.45, 2.75) is 45.8 Å². The van der Waals surface area contributed by atoms with Crippen LogP contribution in [0.15, 0.2) is 12.1 Å². The van der Waals surface area contributed by atoms with Gasteiger partial charge in [-0.1, -0.05) is 13.8 Å². The number of hydrogen-bond acceptors (Lipinski definition) is 4. The van der Waals surface area contributed by atoms with E-state index in [1.165, 1.54) is 0 Å². The molecule has 4 nitrogen and oxygen atoms in total. The molecule has 0 amide bonds. The standard InChI is InChI=1S/C17H27NO3/c1-7-17(3)14(18-4)10-15(17)21-16-12(19-5)8-11(2)9-13(16)20-6/h8-9,14-15,18H,7,10H2,1-6H3. The third-order valence-corrected chi connectivity index (χ3v) is 4.96. The third-order valence-electron chi connectivity index (χ3n) is 4.96. The molecule has 3 unspecified atom stereocenters. The summed E-state index contributed by atoms with van der Waals surface area (Å²) < 4.78 is 17.2. The maximum absolute atomic E-state index is 6.30. The molecule has 1 aromatic rings. The van der Waals surface area contributed by atoms with Crippen LogP contribution in [0.3, 0.4) is 0 Å². The van der Waals surface area contributed by atoms with Crippen LogP contribution >= 0.6 is 0 Å². The number of rotatable bonds is 6. The van der Waals surface area contributed by atoms with Crippen molar-refractivity contribution in [3.05, 3.63) is 17.7 Å². The van der Waals surface area contributed by atoms with Crippen LogP contribution in [-0.4, -0.2) is 33.4 Å². The lowest BCUT2D eigenvalue weighted by atomic mass is 9.61. The van der Waals surface area contributed by atoms with Crippen LogP contribution in [0.25, 0.3) is 0 Å². The Morgan fingerprint density at radius 2 is 1.81 bits per heavy atom.